The summed E-state index contributed by atoms with van der Waals surface area (Å²) in [4.78, 5) is 0. The van der Waals surface area contributed by atoms with Crippen LogP contribution in [-0.4, -0.2) is 7.11 Å². The van der Waals surface area contributed by atoms with E-state index in [1.807, 2.05) is 30.3 Å². The third kappa shape index (κ3) is 3.51. The summed E-state index contributed by atoms with van der Waals surface area (Å²) in [6.07, 6.45) is 3.36. The second-order valence-corrected chi connectivity index (χ2v) is 6.83. The highest BCUT2D eigenvalue weighted by Gasteiger charge is 2.20. The van der Waals surface area contributed by atoms with Gasteiger partial charge < -0.3 is 9.15 Å². The lowest BCUT2D eigenvalue weighted by atomic mass is 10.0. The fraction of sp³-hybridized carbons (Fsp3) is 0.238. The van der Waals surface area contributed by atoms with Gasteiger partial charge in [0.1, 0.15) is 17.3 Å². The van der Waals surface area contributed by atoms with Gasteiger partial charge in [-0.3, -0.25) is 0 Å². The van der Waals surface area contributed by atoms with Crippen LogP contribution in [0.25, 0.3) is 22.6 Å². The molecule has 2 nitrogen and oxygen atoms in total. The molecule has 3 heteroatoms. The average molecular weight is 432 g/mol. The van der Waals surface area contributed by atoms with Crippen molar-refractivity contribution in [2.45, 2.75) is 26.2 Å². The van der Waals surface area contributed by atoms with Crippen LogP contribution in [0.1, 0.15) is 25.3 Å². The van der Waals surface area contributed by atoms with Crippen molar-refractivity contribution in [3.63, 3.8) is 0 Å². The number of halogens is 1. The zero-order chi connectivity index (χ0) is 16.9. The number of hydrogen-bond donors (Lipinski definition) is 0. The average Bonchev–Trinajstić information content (AvgIpc) is 2.97. The van der Waals surface area contributed by atoms with Gasteiger partial charge in [-0.15, -0.1) is 0 Å². The Bertz CT molecular complexity index is 789. The van der Waals surface area contributed by atoms with E-state index in [1.54, 1.807) is 7.11 Å². The quantitative estimate of drug-likeness (QED) is 0.411. The highest BCUT2D eigenvalue weighted by molar-refractivity contribution is 14.1. The maximum absolute atomic E-state index is 6.34. The Morgan fingerprint density at radius 3 is 2.21 bits per heavy atom. The van der Waals surface area contributed by atoms with Crippen molar-refractivity contribution in [3.8, 4) is 28.4 Å². The molecule has 0 atom stereocenters. The normalized spacial score (nSPS) is 10.8. The van der Waals surface area contributed by atoms with Crippen LogP contribution in [-0.2, 0) is 6.42 Å². The Morgan fingerprint density at radius 1 is 0.917 bits per heavy atom. The first kappa shape index (κ1) is 17.1. The summed E-state index contributed by atoms with van der Waals surface area (Å²) in [7, 11) is 1.69. The van der Waals surface area contributed by atoms with Gasteiger partial charge in [0.15, 0.2) is 0 Å². The standard InChI is InChI=1S/C21H21IO2/c1-3-4-10-18-19(22)21(15-8-6-5-7-9-15)24-20(18)16-11-13-17(23-2)14-12-16/h5-9,11-14H,3-4,10H2,1-2H3. The molecule has 0 aliphatic carbocycles. The molecule has 3 aromatic rings. The first-order valence-corrected chi connectivity index (χ1v) is 9.33. The van der Waals surface area contributed by atoms with E-state index in [4.69, 9.17) is 9.15 Å². The SMILES string of the molecule is CCCCc1c(-c2ccc(OC)cc2)oc(-c2ccccc2)c1I. The van der Waals surface area contributed by atoms with Crippen LogP contribution in [0.3, 0.4) is 0 Å². The van der Waals surface area contributed by atoms with Crippen LogP contribution in [0.2, 0.25) is 0 Å². The Morgan fingerprint density at radius 2 is 1.58 bits per heavy atom. The highest BCUT2D eigenvalue weighted by atomic mass is 127. The van der Waals surface area contributed by atoms with Gasteiger partial charge in [0.25, 0.3) is 0 Å². The summed E-state index contributed by atoms with van der Waals surface area (Å²) in [5, 5.41) is 0. The number of hydrogen-bond acceptors (Lipinski definition) is 2. The first-order valence-electron chi connectivity index (χ1n) is 8.25. The van der Waals surface area contributed by atoms with Crippen LogP contribution in [0, 0.1) is 3.57 Å². The molecule has 24 heavy (non-hydrogen) atoms. The summed E-state index contributed by atoms with van der Waals surface area (Å²) < 4.78 is 12.8. The van der Waals surface area contributed by atoms with E-state index in [9.17, 15) is 0 Å². The van der Waals surface area contributed by atoms with E-state index in [0.717, 1.165) is 41.2 Å². The smallest absolute Gasteiger partial charge is 0.148 e. The van der Waals surface area contributed by atoms with Crippen LogP contribution >= 0.6 is 22.6 Å². The third-order valence-electron chi connectivity index (χ3n) is 4.11. The predicted molar refractivity (Wildman–Crippen MR) is 107 cm³/mol. The van der Waals surface area contributed by atoms with Gasteiger partial charge in [0.05, 0.1) is 10.7 Å². The largest absolute Gasteiger partial charge is 0.497 e. The molecule has 0 aliphatic heterocycles. The molecule has 0 N–H and O–H groups in total. The zero-order valence-corrected chi connectivity index (χ0v) is 16.2. The molecule has 0 saturated heterocycles. The molecular weight excluding hydrogens is 411 g/mol. The fourth-order valence-electron chi connectivity index (χ4n) is 2.77. The predicted octanol–water partition coefficient (Wildman–Crippen LogP) is 6.57. The Kier molecular flexibility index (Phi) is 5.61. The molecule has 2 aromatic carbocycles. The van der Waals surface area contributed by atoms with Crippen molar-refractivity contribution in [2.24, 2.45) is 0 Å². The lowest BCUT2D eigenvalue weighted by molar-refractivity contribution is 0.415. The number of methoxy groups -OCH3 is 1. The third-order valence-corrected chi connectivity index (χ3v) is 5.25. The summed E-state index contributed by atoms with van der Waals surface area (Å²) in [5.74, 6) is 2.81. The molecule has 0 bridgehead atoms. The van der Waals surface area contributed by atoms with Crippen LogP contribution in [0.4, 0.5) is 0 Å². The molecular formula is C21H21IO2. The molecule has 0 saturated carbocycles. The Labute approximate surface area is 157 Å². The van der Waals surface area contributed by atoms with Gasteiger partial charge in [-0.25, -0.2) is 0 Å². The van der Waals surface area contributed by atoms with E-state index < -0.39 is 0 Å². The van der Waals surface area contributed by atoms with Crippen molar-refractivity contribution in [1.29, 1.82) is 0 Å². The maximum atomic E-state index is 6.34. The lowest BCUT2D eigenvalue weighted by Gasteiger charge is -2.04. The first-order chi connectivity index (χ1) is 11.7. The van der Waals surface area contributed by atoms with Crippen LogP contribution < -0.4 is 4.74 Å². The van der Waals surface area contributed by atoms with E-state index >= 15 is 0 Å². The summed E-state index contributed by atoms with van der Waals surface area (Å²) in [6, 6.07) is 18.4. The lowest BCUT2D eigenvalue weighted by Crippen LogP contribution is -1.89. The second kappa shape index (κ2) is 7.88. The van der Waals surface area contributed by atoms with Gasteiger partial charge in [-0.05, 0) is 59.7 Å². The monoisotopic (exact) mass is 432 g/mol. The molecule has 0 spiro atoms. The number of furan rings is 1. The van der Waals surface area contributed by atoms with Gasteiger partial charge in [-0.2, -0.15) is 0 Å². The van der Waals surface area contributed by atoms with Gasteiger partial charge in [-0.1, -0.05) is 43.7 Å². The molecule has 1 heterocycles. The number of benzene rings is 2. The van der Waals surface area contributed by atoms with Crippen molar-refractivity contribution >= 4 is 22.6 Å². The molecule has 0 fully saturated rings. The van der Waals surface area contributed by atoms with Crippen molar-refractivity contribution < 1.29 is 9.15 Å². The molecule has 0 aliphatic rings. The molecule has 0 radical (unpaired) electrons. The van der Waals surface area contributed by atoms with E-state index in [2.05, 4.69) is 53.8 Å². The highest BCUT2D eigenvalue weighted by Crippen LogP contribution is 2.39. The molecule has 3 rings (SSSR count). The minimum atomic E-state index is 0.860. The maximum Gasteiger partial charge on any atom is 0.148 e. The molecule has 1 aromatic heterocycles. The zero-order valence-electron chi connectivity index (χ0n) is 14.0. The molecule has 0 amide bonds. The van der Waals surface area contributed by atoms with Crippen molar-refractivity contribution in [1.82, 2.24) is 0 Å². The minimum Gasteiger partial charge on any atom is -0.497 e. The van der Waals surface area contributed by atoms with Gasteiger partial charge >= 0.3 is 0 Å². The van der Waals surface area contributed by atoms with Crippen molar-refractivity contribution in [3.05, 3.63) is 63.7 Å². The summed E-state index contributed by atoms with van der Waals surface area (Å²) in [5.41, 5.74) is 3.53. The van der Waals surface area contributed by atoms with Crippen LogP contribution in [0.15, 0.2) is 59.0 Å². The van der Waals surface area contributed by atoms with Gasteiger partial charge in [0, 0.05) is 16.7 Å². The minimum absolute atomic E-state index is 0.860. The van der Waals surface area contributed by atoms with Gasteiger partial charge in [0.2, 0.25) is 0 Å². The van der Waals surface area contributed by atoms with Crippen LogP contribution in [0.5, 0.6) is 5.75 Å². The Balaban J connectivity index is 2.09. The Hall–Kier alpha value is -1.75. The topological polar surface area (TPSA) is 22.4 Å². The van der Waals surface area contributed by atoms with Crippen molar-refractivity contribution in [2.75, 3.05) is 7.11 Å². The van der Waals surface area contributed by atoms with E-state index in [-0.39, 0.29) is 0 Å². The fourth-order valence-corrected chi connectivity index (χ4v) is 3.71. The van der Waals surface area contributed by atoms with E-state index in [0.29, 0.717) is 0 Å². The number of rotatable bonds is 6. The number of ether oxygens (including phenoxy) is 1. The van der Waals surface area contributed by atoms with E-state index in [1.165, 1.54) is 15.6 Å². The molecule has 124 valence electrons. The summed E-state index contributed by atoms with van der Waals surface area (Å²) in [6.45, 7) is 2.22. The second-order valence-electron chi connectivity index (χ2n) is 5.75. The number of unbranched alkanes of at least 4 members (excludes halogenated alkanes) is 1. The molecule has 0 unspecified atom stereocenters. The summed E-state index contributed by atoms with van der Waals surface area (Å²) >= 11 is 2.43.